The zero-order chi connectivity index (χ0) is 28.7. The maximum Gasteiger partial charge on any atom is 0.418 e. The number of rotatable bonds is 7. The van der Waals surface area contributed by atoms with Crippen LogP contribution in [0.1, 0.15) is 29.5 Å². The summed E-state index contributed by atoms with van der Waals surface area (Å²) < 4.78 is 52.2. The molecule has 2 saturated heterocycles. The van der Waals surface area contributed by atoms with Crippen molar-refractivity contribution in [2.24, 2.45) is 10.9 Å². The third-order valence-corrected chi connectivity index (χ3v) is 7.84. The van der Waals surface area contributed by atoms with Crippen LogP contribution in [0.15, 0.2) is 65.3 Å². The lowest BCUT2D eigenvalue weighted by atomic mass is 9.75. The number of hydrogen-bond acceptors (Lipinski definition) is 4. The lowest BCUT2D eigenvalue weighted by molar-refractivity contribution is -0.424. The summed E-state index contributed by atoms with van der Waals surface area (Å²) in [4.78, 5) is 19.6. The number of benzene rings is 1. The van der Waals surface area contributed by atoms with Crippen LogP contribution in [0.25, 0.3) is 11.2 Å². The molecule has 2 aromatic heterocycles. The van der Waals surface area contributed by atoms with Crippen molar-refractivity contribution < 1.29 is 22.5 Å². The highest BCUT2D eigenvalue weighted by Crippen LogP contribution is 2.38. The molecule has 2 fully saturated rings. The van der Waals surface area contributed by atoms with Crippen molar-refractivity contribution in [3.8, 4) is 11.8 Å². The van der Waals surface area contributed by atoms with E-state index in [2.05, 4.69) is 24.4 Å². The zero-order valence-electron chi connectivity index (χ0n) is 22.2. The molecule has 0 unspecified atom stereocenters. The molecule has 1 atom stereocenters. The highest BCUT2D eigenvalue weighted by molar-refractivity contribution is 5.83. The summed E-state index contributed by atoms with van der Waals surface area (Å²) in [5, 5.41) is 9.17. The predicted octanol–water partition coefficient (Wildman–Crippen LogP) is 4.00. The topological polar surface area (TPSA) is 78.0 Å². The van der Waals surface area contributed by atoms with Crippen LogP contribution >= 0.6 is 0 Å². The number of likely N-dealkylation sites (tertiary alicyclic amines) is 1. The molecule has 0 spiro atoms. The molecule has 2 aliphatic heterocycles. The van der Waals surface area contributed by atoms with E-state index in [1.807, 2.05) is 24.1 Å². The van der Waals surface area contributed by atoms with Gasteiger partial charge in [-0.2, -0.15) is 18.4 Å². The highest BCUT2D eigenvalue weighted by Gasteiger charge is 2.44. The van der Waals surface area contributed by atoms with Crippen molar-refractivity contribution in [1.82, 2.24) is 13.9 Å². The Kier molecular flexibility index (Phi) is 7.25. The summed E-state index contributed by atoms with van der Waals surface area (Å²) in [6, 6.07) is 10.5. The average molecular weight is 552 g/mol. The Morgan fingerprint density at radius 2 is 2.10 bits per heavy atom. The van der Waals surface area contributed by atoms with Crippen molar-refractivity contribution in [2.75, 3.05) is 33.4 Å². The zero-order valence-corrected chi connectivity index (χ0v) is 22.2. The van der Waals surface area contributed by atoms with Crippen LogP contribution in [0.3, 0.4) is 0 Å². The van der Waals surface area contributed by atoms with Gasteiger partial charge in [0.1, 0.15) is 6.72 Å². The molecule has 5 rings (SSSR count). The first-order chi connectivity index (χ1) is 19.1. The van der Waals surface area contributed by atoms with Crippen LogP contribution in [0.4, 0.5) is 13.2 Å². The molecule has 0 saturated carbocycles. The third kappa shape index (κ3) is 5.00. The van der Waals surface area contributed by atoms with Gasteiger partial charge in [0.05, 0.1) is 67.1 Å². The quantitative estimate of drug-likeness (QED) is 0.253. The number of fused-ring (bicyclic) bond motifs is 1. The summed E-state index contributed by atoms with van der Waals surface area (Å²) in [6.45, 7) is 9.64. The standard InChI is InChI=1S/C29H30F3N6O2/c1-4-35(3)26(34-2)12-28(18-40-19-28)22-6-5-7-23(11-22)37-17-25-24(29(30,31)32)10-21(16-38(25)27(37)39)15-36-9-8-20(13-33)14-36/h4-7,10-11,16-17,20H,1-2,8-9,12,14-15,18-19H2,3H3/q+1/t20-/m0/s1. The Morgan fingerprint density at radius 1 is 1.32 bits per heavy atom. The number of alkyl halides is 3. The van der Waals surface area contributed by atoms with Crippen molar-refractivity contribution in [1.29, 1.82) is 5.26 Å². The van der Waals surface area contributed by atoms with E-state index in [1.54, 1.807) is 22.9 Å². The Balaban J connectivity index is 1.56. The van der Waals surface area contributed by atoms with Gasteiger partial charge in [0.15, 0.2) is 0 Å². The summed E-state index contributed by atoms with van der Waals surface area (Å²) >= 11 is 0. The second-order valence-electron chi connectivity index (χ2n) is 10.5. The summed E-state index contributed by atoms with van der Waals surface area (Å²) in [7, 11) is 1.82. The minimum Gasteiger partial charge on any atom is -0.379 e. The molecular weight excluding hydrogens is 521 g/mol. The van der Waals surface area contributed by atoms with Gasteiger partial charge >= 0.3 is 11.9 Å². The maximum absolute atomic E-state index is 14.2. The van der Waals surface area contributed by atoms with Crippen molar-refractivity contribution in [3.63, 3.8) is 0 Å². The Bertz CT molecular complexity index is 1610. The van der Waals surface area contributed by atoms with E-state index in [0.717, 1.165) is 16.0 Å². The van der Waals surface area contributed by atoms with Crippen LogP contribution in [-0.4, -0.2) is 64.3 Å². The lowest BCUT2D eigenvalue weighted by Crippen LogP contribution is -2.48. The number of ether oxygens (including phenoxy) is 1. The molecule has 0 radical (unpaired) electrons. The van der Waals surface area contributed by atoms with Gasteiger partial charge in [-0.25, -0.2) is 9.37 Å². The minimum atomic E-state index is -4.66. The average Bonchev–Trinajstić information content (AvgIpc) is 3.51. The summed E-state index contributed by atoms with van der Waals surface area (Å²) in [5.74, 6) is 0.566. The van der Waals surface area contributed by atoms with Crippen LogP contribution in [0.2, 0.25) is 0 Å². The number of hydrogen-bond donors (Lipinski definition) is 0. The Labute approximate surface area is 229 Å². The van der Waals surface area contributed by atoms with Crippen molar-refractivity contribution >= 4 is 18.1 Å². The number of nitriles is 1. The van der Waals surface area contributed by atoms with Crippen molar-refractivity contribution in [2.45, 2.75) is 31.0 Å². The van der Waals surface area contributed by atoms with Crippen molar-refractivity contribution in [3.05, 3.63) is 82.7 Å². The van der Waals surface area contributed by atoms with E-state index in [4.69, 9.17) is 4.74 Å². The number of pyridine rings is 1. The largest absolute Gasteiger partial charge is 0.418 e. The molecule has 11 heteroatoms. The third-order valence-electron chi connectivity index (χ3n) is 7.84. The molecule has 3 aromatic rings. The van der Waals surface area contributed by atoms with Crippen LogP contribution < -0.4 is 5.69 Å². The summed E-state index contributed by atoms with van der Waals surface area (Å²) in [5.41, 5.74) is -0.411. The number of nitrogens with zero attached hydrogens (tertiary/aromatic N) is 6. The van der Waals surface area contributed by atoms with Crippen LogP contribution in [0, 0.1) is 17.2 Å². The predicted molar refractivity (Wildman–Crippen MR) is 145 cm³/mol. The number of amidine groups is 1. The molecule has 1 aromatic carbocycles. The molecule has 0 aliphatic carbocycles. The lowest BCUT2D eigenvalue weighted by Gasteiger charge is -2.41. The van der Waals surface area contributed by atoms with E-state index >= 15 is 0 Å². The first-order valence-electron chi connectivity index (χ1n) is 12.9. The number of aromatic nitrogens is 2. The van der Waals surface area contributed by atoms with Gasteiger partial charge in [-0.05, 0) is 42.3 Å². The fourth-order valence-corrected chi connectivity index (χ4v) is 5.49. The van der Waals surface area contributed by atoms with Gasteiger partial charge in [0, 0.05) is 25.5 Å². The fraction of sp³-hybridized carbons (Fsp3) is 0.379. The van der Waals surface area contributed by atoms with Gasteiger partial charge in [-0.1, -0.05) is 23.7 Å². The second kappa shape index (κ2) is 10.5. The molecule has 4 heterocycles. The molecule has 0 bridgehead atoms. The minimum absolute atomic E-state index is 0.139. The van der Waals surface area contributed by atoms with E-state index < -0.39 is 22.8 Å². The van der Waals surface area contributed by atoms with Gasteiger partial charge < -0.3 is 4.74 Å². The molecule has 8 nitrogen and oxygen atoms in total. The first kappa shape index (κ1) is 27.6. The van der Waals surface area contributed by atoms with Gasteiger partial charge in [0.2, 0.25) is 0 Å². The monoisotopic (exact) mass is 551 g/mol. The molecular formula is C29H30F3N6O2+. The molecule has 0 amide bonds. The van der Waals surface area contributed by atoms with Gasteiger partial charge in [-0.15, -0.1) is 0 Å². The molecule has 208 valence electrons. The van der Waals surface area contributed by atoms with Gasteiger partial charge in [0.25, 0.3) is 5.84 Å². The fourth-order valence-electron chi connectivity index (χ4n) is 5.49. The van der Waals surface area contributed by atoms with E-state index in [1.165, 1.54) is 17.0 Å². The van der Waals surface area contributed by atoms with Gasteiger partial charge in [-0.3, -0.25) is 13.9 Å². The highest BCUT2D eigenvalue weighted by atomic mass is 19.4. The smallest absolute Gasteiger partial charge is 0.379 e. The Hall–Kier alpha value is -4.01. The number of halogens is 3. The molecule has 2 aliphatic rings. The van der Waals surface area contributed by atoms with E-state index in [-0.39, 0.29) is 18.0 Å². The maximum atomic E-state index is 14.2. The molecule has 40 heavy (non-hydrogen) atoms. The SMILES string of the molecule is C=C[N+](C)=C(CC1(c2cccc(-n3cc4c(C(F)(F)F)cc(CN5CC[C@@H](C#N)C5)cn4c3=O)c2)COC1)N=C. The molecule has 0 N–H and O–H groups in total. The first-order valence-corrected chi connectivity index (χ1v) is 12.9. The number of imidazole rings is 1. The normalized spacial score (nSPS) is 19.6. The van der Waals surface area contributed by atoms with Crippen LogP contribution in [-0.2, 0) is 22.9 Å². The second-order valence-corrected chi connectivity index (χ2v) is 10.5. The Morgan fingerprint density at radius 3 is 2.70 bits per heavy atom. The summed E-state index contributed by atoms with van der Waals surface area (Å²) in [6.07, 6.45) is 0.883. The van der Waals surface area contributed by atoms with E-state index in [0.29, 0.717) is 56.2 Å². The number of aliphatic imine (C=N–C) groups is 1. The van der Waals surface area contributed by atoms with Crippen LogP contribution in [0.5, 0.6) is 0 Å². The van der Waals surface area contributed by atoms with E-state index in [9.17, 15) is 23.2 Å².